The number of ether oxygens (including phenoxy) is 1. The third kappa shape index (κ3) is 1.53. The summed E-state index contributed by atoms with van der Waals surface area (Å²) in [5, 5.41) is 3.71. The predicted molar refractivity (Wildman–Crippen MR) is 56.2 cm³/mol. The first-order valence-electron chi connectivity index (χ1n) is 5.18. The van der Waals surface area contributed by atoms with Gasteiger partial charge >= 0.3 is 0 Å². The highest BCUT2D eigenvalue weighted by Crippen LogP contribution is 2.25. The van der Waals surface area contributed by atoms with E-state index in [4.69, 9.17) is 9.15 Å². The van der Waals surface area contributed by atoms with Crippen LogP contribution in [0.1, 0.15) is 0 Å². The minimum atomic E-state index is -0.982. The van der Waals surface area contributed by atoms with Crippen molar-refractivity contribution in [2.24, 2.45) is 0 Å². The number of hydrogen-bond donors (Lipinski definition) is 1. The molecular formula is C11H11FN2O2. The van der Waals surface area contributed by atoms with E-state index in [-0.39, 0.29) is 0 Å². The minimum Gasteiger partial charge on any atom is -0.469 e. The lowest BCUT2D eigenvalue weighted by Crippen LogP contribution is -2.27. The van der Waals surface area contributed by atoms with Crippen molar-refractivity contribution >= 4 is 11.0 Å². The third-order valence-electron chi connectivity index (χ3n) is 2.69. The summed E-state index contributed by atoms with van der Waals surface area (Å²) in [6.45, 7) is 0.850. The van der Waals surface area contributed by atoms with E-state index in [9.17, 15) is 4.39 Å². The van der Waals surface area contributed by atoms with Crippen molar-refractivity contribution in [3.8, 4) is 5.88 Å². The molecule has 84 valence electrons. The van der Waals surface area contributed by atoms with Gasteiger partial charge in [-0.05, 0) is 12.1 Å². The van der Waals surface area contributed by atoms with E-state index in [1.807, 2.05) is 0 Å². The van der Waals surface area contributed by atoms with Crippen LogP contribution in [0.2, 0.25) is 0 Å². The second kappa shape index (κ2) is 3.75. The van der Waals surface area contributed by atoms with E-state index in [1.54, 1.807) is 24.6 Å². The third-order valence-corrected chi connectivity index (χ3v) is 2.69. The fourth-order valence-corrected chi connectivity index (χ4v) is 1.84. The van der Waals surface area contributed by atoms with Crippen molar-refractivity contribution in [3.63, 3.8) is 0 Å². The van der Waals surface area contributed by atoms with Gasteiger partial charge in [0.25, 0.3) is 0 Å². The Morgan fingerprint density at radius 1 is 1.44 bits per heavy atom. The van der Waals surface area contributed by atoms with Crippen LogP contribution in [0.25, 0.3) is 11.0 Å². The molecule has 2 unspecified atom stereocenters. The highest BCUT2D eigenvalue weighted by atomic mass is 19.1. The lowest BCUT2D eigenvalue weighted by Gasteiger charge is -2.14. The van der Waals surface area contributed by atoms with Crippen LogP contribution >= 0.6 is 0 Å². The first-order valence-corrected chi connectivity index (χ1v) is 5.18. The van der Waals surface area contributed by atoms with E-state index in [1.165, 1.54) is 0 Å². The van der Waals surface area contributed by atoms with E-state index >= 15 is 0 Å². The lowest BCUT2D eigenvalue weighted by molar-refractivity contribution is 0.136. The number of halogens is 1. The molecule has 4 nitrogen and oxygen atoms in total. The molecule has 0 aliphatic carbocycles. The average molecular weight is 222 g/mol. The zero-order chi connectivity index (χ0) is 11.0. The summed E-state index contributed by atoms with van der Waals surface area (Å²) >= 11 is 0. The number of rotatable bonds is 2. The fourth-order valence-electron chi connectivity index (χ4n) is 1.84. The van der Waals surface area contributed by atoms with Crippen LogP contribution in [0.5, 0.6) is 5.88 Å². The summed E-state index contributed by atoms with van der Waals surface area (Å²) in [6.07, 6.45) is 1.72. The Morgan fingerprint density at radius 3 is 3.19 bits per heavy atom. The Morgan fingerprint density at radius 2 is 2.38 bits per heavy atom. The number of aromatic nitrogens is 1. The number of nitrogens with zero attached hydrogens (tertiary/aromatic N) is 1. The largest absolute Gasteiger partial charge is 0.469 e. The van der Waals surface area contributed by atoms with Crippen molar-refractivity contribution < 1.29 is 13.5 Å². The molecule has 2 aromatic rings. The first kappa shape index (κ1) is 9.59. The van der Waals surface area contributed by atoms with Gasteiger partial charge in [0.15, 0.2) is 6.17 Å². The molecule has 2 atom stereocenters. The Bertz CT molecular complexity index is 499. The van der Waals surface area contributed by atoms with Gasteiger partial charge in [0, 0.05) is 19.3 Å². The molecule has 3 rings (SSSR count). The second-order valence-corrected chi connectivity index (χ2v) is 3.78. The zero-order valence-electron chi connectivity index (χ0n) is 8.52. The van der Waals surface area contributed by atoms with Crippen molar-refractivity contribution in [1.29, 1.82) is 0 Å². The Balaban J connectivity index is 1.91. The molecule has 0 aromatic carbocycles. The SMILES string of the molecule is FC1CNCC1Oc1nccc2occc12. The number of fused-ring (bicyclic) bond motifs is 1. The molecule has 1 aliphatic rings. The monoisotopic (exact) mass is 222 g/mol. The molecule has 0 saturated carbocycles. The molecule has 0 spiro atoms. The summed E-state index contributed by atoms with van der Waals surface area (Å²) in [5.41, 5.74) is 0.700. The van der Waals surface area contributed by atoms with Gasteiger partial charge in [-0.1, -0.05) is 0 Å². The maximum absolute atomic E-state index is 13.4. The molecule has 0 radical (unpaired) electrons. The summed E-state index contributed by atoms with van der Waals surface area (Å²) < 4.78 is 24.1. The van der Waals surface area contributed by atoms with Crippen LogP contribution in [0.3, 0.4) is 0 Å². The van der Waals surface area contributed by atoms with Crippen molar-refractivity contribution in [1.82, 2.24) is 10.3 Å². The second-order valence-electron chi connectivity index (χ2n) is 3.78. The maximum Gasteiger partial charge on any atom is 0.225 e. The summed E-state index contributed by atoms with van der Waals surface area (Å²) in [4.78, 5) is 4.10. The molecule has 0 bridgehead atoms. The average Bonchev–Trinajstić information content (AvgIpc) is 2.89. The molecule has 3 heterocycles. The first-order chi connectivity index (χ1) is 7.84. The van der Waals surface area contributed by atoms with Crippen molar-refractivity contribution in [3.05, 3.63) is 24.6 Å². The molecular weight excluding hydrogens is 211 g/mol. The van der Waals surface area contributed by atoms with Gasteiger partial charge in [0.2, 0.25) is 5.88 Å². The summed E-state index contributed by atoms with van der Waals surface area (Å²) in [5.74, 6) is 0.433. The molecule has 1 saturated heterocycles. The molecule has 0 amide bonds. The van der Waals surface area contributed by atoms with Crippen molar-refractivity contribution in [2.45, 2.75) is 12.3 Å². The van der Waals surface area contributed by atoms with Crippen LogP contribution in [-0.2, 0) is 0 Å². The van der Waals surface area contributed by atoms with Gasteiger partial charge in [-0.2, -0.15) is 0 Å². The van der Waals surface area contributed by atoms with Crippen LogP contribution in [0.4, 0.5) is 4.39 Å². The molecule has 1 fully saturated rings. The summed E-state index contributed by atoms with van der Waals surface area (Å²) in [7, 11) is 0. The van der Waals surface area contributed by atoms with Crippen molar-refractivity contribution in [2.75, 3.05) is 13.1 Å². The minimum absolute atomic E-state index is 0.339. The number of alkyl halides is 1. The topological polar surface area (TPSA) is 47.3 Å². The van der Waals surface area contributed by atoms with Crippen LogP contribution < -0.4 is 10.1 Å². The Hall–Kier alpha value is -1.62. The standard InChI is InChI=1S/C11H11FN2O2/c12-8-5-13-6-10(8)16-11-7-2-4-15-9(7)1-3-14-11/h1-4,8,10,13H,5-6H2. The predicted octanol–water partition coefficient (Wildman–Crippen LogP) is 1.52. The highest BCUT2D eigenvalue weighted by molar-refractivity contribution is 5.81. The number of pyridine rings is 1. The molecule has 16 heavy (non-hydrogen) atoms. The fraction of sp³-hybridized carbons (Fsp3) is 0.364. The van der Waals surface area contributed by atoms with Crippen LogP contribution in [0.15, 0.2) is 29.0 Å². The molecule has 1 aliphatic heterocycles. The Kier molecular flexibility index (Phi) is 2.25. The van der Waals surface area contributed by atoms with Gasteiger partial charge in [0.05, 0.1) is 11.6 Å². The van der Waals surface area contributed by atoms with Gasteiger partial charge in [-0.3, -0.25) is 0 Å². The smallest absolute Gasteiger partial charge is 0.225 e. The van der Waals surface area contributed by atoms with E-state index in [0.29, 0.717) is 24.6 Å². The van der Waals surface area contributed by atoms with Gasteiger partial charge in [-0.15, -0.1) is 0 Å². The molecule has 1 N–H and O–H groups in total. The van der Waals surface area contributed by atoms with Gasteiger partial charge in [0.1, 0.15) is 11.7 Å². The van der Waals surface area contributed by atoms with E-state index in [0.717, 1.165) is 5.39 Å². The van der Waals surface area contributed by atoms with Gasteiger partial charge < -0.3 is 14.5 Å². The zero-order valence-corrected chi connectivity index (χ0v) is 8.52. The lowest BCUT2D eigenvalue weighted by atomic mass is 10.3. The summed E-state index contributed by atoms with van der Waals surface area (Å²) in [6, 6.07) is 3.52. The van der Waals surface area contributed by atoms with Gasteiger partial charge in [-0.25, -0.2) is 9.37 Å². The maximum atomic E-state index is 13.4. The number of hydrogen-bond acceptors (Lipinski definition) is 4. The molecule has 2 aromatic heterocycles. The Labute approximate surface area is 91.4 Å². The van der Waals surface area contributed by atoms with Crippen LogP contribution in [-0.4, -0.2) is 30.3 Å². The molecule has 5 heteroatoms. The van der Waals surface area contributed by atoms with E-state index in [2.05, 4.69) is 10.3 Å². The van der Waals surface area contributed by atoms with E-state index < -0.39 is 12.3 Å². The van der Waals surface area contributed by atoms with Crippen LogP contribution in [0, 0.1) is 0 Å². The normalized spacial score (nSPS) is 25.1. The number of furan rings is 1. The highest BCUT2D eigenvalue weighted by Gasteiger charge is 2.29. The quantitative estimate of drug-likeness (QED) is 0.836. The number of nitrogens with one attached hydrogen (secondary N) is 1.